The van der Waals surface area contributed by atoms with Gasteiger partial charge >= 0.3 is 5.97 Å². The molecule has 0 aliphatic carbocycles. The lowest BCUT2D eigenvalue weighted by atomic mass is 9.96. The Labute approximate surface area is 144 Å². The standard InChI is InChI=1S/C19H16N2O4/c1-13-9-17(23)18(19(24)25-13)16(22)8-7-15-10-20-21(12-15)11-14-5-3-2-4-6-14/h2-10,12,18H,11H2,1H3/b8-7+. The van der Waals surface area contributed by atoms with Crippen molar-refractivity contribution in [3.63, 3.8) is 0 Å². The average molecular weight is 336 g/mol. The summed E-state index contributed by atoms with van der Waals surface area (Å²) in [7, 11) is 0. The molecule has 126 valence electrons. The third-order valence-corrected chi connectivity index (χ3v) is 3.69. The van der Waals surface area contributed by atoms with Gasteiger partial charge in [-0.15, -0.1) is 0 Å². The second-order valence-electron chi connectivity index (χ2n) is 5.70. The quantitative estimate of drug-likeness (QED) is 0.475. The first-order valence-corrected chi connectivity index (χ1v) is 7.75. The van der Waals surface area contributed by atoms with E-state index in [2.05, 4.69) is 5.10 Å². The van der Waals surface area contributed by atoms with Crippen LogP contribution in [0.2, 0.25) is 0 Å². The highest BCUT2D eigenvalue weighted by atomic mass is 16.5. The van der Waals surface area contributed by atoms with Gasteiger partial charge in [-0.25, -0.2) is 0 Å². The Morgan fingerprint density at radius 3 is 2.76 bits per heavy atom. The van der Waals surface area contributed by atoms with Gasteiger partial charge < -0.3 is 4.74 Å². The van der Waals surface area contributed by atoms with Crippen LogP contribution < -0.4 is 0 Å². The van der Waals surface area contributed by atoms with Crippen molar-refractivity contribution in [2.24, 2.45) is 5.92 Å². The zero-order valence-corrected chi connectivity index (χ0v) is 13.6. The predicted molar refractivity (Wildman–Crippen MR) is 90.2 cm³/mol. The number of carbonyl (C=O) groups excluding carboxylic acids is 3. The highest BCUT2D eigenvalue weighted by Gasteiger charge is 2.36. The molecule has 0 bridgehead atoms. The molecule has 3 rings (SSSR count). The number of ether oxygens (including phenoxy) is 1. The smallest absolute Gasteiger partial charge is 0.329 e. The maximum Gasteiger partial charge on any atom is 0.329 e. The van der Waals surface area contributed by atoms with E-state index in [1.807, 2.05) is 30.3 Å². The Kier molecular flexibility index (Phi) is 4.70. The predicted octanol–water partition coefficient (Wildman–Crippen LogP) is 2.16. The Hall–Kier alpha value is -3.28. The summed E-state index contributed by atoms with van der Waals surface area (Å²) in [6, 6.07) is 9.84. The lowest BCUT2D eigenvalue weighted by Crippen LogP contribution is -2.34. The molecular formula is C19H16N2O4. The van der Waals surface area contributed by atoms with Gasteiger partial charge in [-0.2, -0.15) is 5.10 Å². The van der Waals surface area contributed by atoms with Crippen molar-refractivity contribution in [3.8, 4) is 0 Å². The molecule has 0 radical (unpaired) electrons. The fourth-order valence-corrected chi connectivity index (χ4v) is 2.50. The molecule has 0 N–H and O–H groups in total. The summed E-state index contributed by atoms with van der Waals surface area (Å²) in [5.41, 5.74) is 1.81. The number of nitrogens with zero attached hydrogens (tertiary/aromatic N) is 2. The SMILES string of the molecule is CC1=CC(=O)C(C(=O)/C=C/c2cnn(Cc3ccccc3)c2)C(=O)O1. The number of allylic oxidation sites excluding steroid dienone is 3. The van der Waals surface area contributed by atoms with Crippen molar-refractivity contribution in [2.45, 2.75) is 13.5 Å². The van der Waals surface area contributed by atoms with Gasteiger partial charge in [0.1, 0.15) is 5.76 Å². The van der Waals surface area contributed by atoms with Crippen molar-refractivity contribution >= 4 is 23.6 Å². The summed E-state index contributed by atoms with van der Waals surface area (Å²) in [5.74, 6) is -3.21. The lowest BCUT2D eigenvalue weighted by Gasteiger charge is -2.15. The zero-order chi connectivity index (χ0) is 17.8. The molecule has 0 saturated carbocycles. The summed E-state index contributed by atoms with van der Waals surface area (Å²) in [6.07, 6.45) is 7.29. The van der Waals surface area contributed by atoms with Crippen LogP contribution in [0.1, 0.15) is 18.1 Å². The van der Waals surface area contributed by atoms with Gasteiger partial charge in [0.2, 0.25) is 0 Å². The summed E-state index contributed by atoms with van der Waals surface area (Å²) < 4.78 is 6.58. The van der Waals surface area contributed by atoms with Crippen LogP contribution >= 0.6 is 0 Å². The summed E-state index contributed by atoms with van der Waals surface area (Å²) >= 11 is 0. The number of cyclic esters (lactones) is 1. The molecule has 0 saturated heterocycles. The first kappa shape index (κ1) is 16.6. The maximum atomic E-state index is 12.1. The molecule has 1 aromatic heterocycles. The highest BCUT2D eigenvalue weighted by molar-refractivity contribution is 6.25. The number of aromatic nitrogens is 2. The van der Waals surface area contributed by atoms with E-state index < -0.39 is 23.5 Å². The minimum Gasteiger partial charge on any atom is -0.430 e. The molecular weight excluding hydrogens is 320 g/mol. The fourth-order valence-electron chi connectivity index (χ4n) is 2.50. The summed E-state index contributed by atoms with van der Waals surface area (Å²) in [5, 5.41) is 4.23. The first-order valence-electron chi connectivity index (χ1n) is 7.75. The van der Waals surface area contributed by atoms with Gasteiger partial charge in [-0.3, -0.25) is 19.1 Å². The largest absolute Gasteiger partial charge is 0.430 e. The van der Waals surface area contributed by atoms with Crippen LogP contribution in [0.3, 0.4) is 0 Å². The molecule has 0 fully saturated rings. The second kappa shape index (κ2) is 7.09. The monoisotopic (exact) mass is 336 g/mol. The maximum absolute atomic E-state index is 12.1. The number of hydrogen-bond acceptors (Lipinski definition) is 5. The van der Waals surface area contributed by atoms with E-state index in [1.165, 1.54) is 19.1 Å². The topological polar surface area (TPSA) is 78.3 Å². The number of rotatable bonds is 5. The van der Waals surface area contributed by atoms with E-state index in [-0.39, 0.29) is 5.76 Å². The number of esters is 1. The van der Waals surface area contributed by atoms with Crippen LogP contribution in [0, 0.1) is 5.92 Å². The first-order chi connectivity index (χ1) is 12.0. The van der Waals surface area contributed by atoms with E-state index >= 15 is 0 Å². The van der Waals surface area contributed by atoms with Crippen LogP contribution in [0.5, 0.6) is 0 Å². The molecule has 1 aliphatic rings. The molecule has 2 heterocycles. The third-order valence-electron chi connectivity index (χ3n) is 3.69. The number of benzene rings is 1. The Balaban J connectivity index is 1.67. The van der Waals surface area contributed by atoms with Crippen LogP contribution in [0.4, 0.5) is 0 Å². The van der Waals surface area contributed by atoms with Gasteiger partial charge in [-0.05, 0) is 24.6 Å². The Bertz CT molecular complexity index is 878. The van der Waals surface area contributed by atoms with Crippen LogP contribution in [0.25, 0.3) is 6.08 Å². The van der Waals surface area contributed by atoms with Crippen molar-refractivity contribution in [1.29, 1.82) is 0 Å². The van der Waals surface area contributed by atoms with E-state index in [9.17, 15) is 14.4 Å². The molecule has 25 heavy (non-hydrogen) atoms. The van der Waals surface area contributed by atoms with E-state index in [4.69, 9.17) is 4.74 Å². The summed E-state index contributed by atoms with van der Waals surface area (Å²) in [4.78, 5) is 35.7. The minimum atomic E-state index is -1.42. The molecule has 0 amide bonds. The van der Waals surface area contributed by atoms with Gasteiger partial charge in [0.05, 0.1) is 12.7 Å². The molecule has 6 heteroatoms. The van der Waals surface area contributed by atoms with Gasteiger partial charge in [0.25, 0.3) is 0 Å². The average Bonchev–Trinajstić information content (AvgIpc) is 3.00. The van der Waals surface area contributed by atoms with E-state index in [0.29, 0.717) is 12.1 Å². The third kappa shape index (κ3) is 3.98. The molecule has 1 aromatic carbocycles. The zero-order valence-electron chi connectivity index (χ0n) is 13.6. The Morgan fingerprint density at radius 2 is 2.04 bits per heavy atom. The van der Waals surface area contributed by atoms with E-state index in [0.717, 1.165) is 11.6 Å². The van der Waals surface area contributed by atoms with Crippen molar-refractivity contribution < 1.29 is 19.1 Å². The minimum absolute atomic E-state index is 0.199. The van der Waals surface area contributed by atoms with Gasteiger partial charge in [0.15, 0.2) is 17.5 Å². The van der Waals surface area contributed by atoms with Gasteiger partial charge in [-0.1, -0.05) is 30.3 Å². The van der Waals surface area contributed by atoms with E-state index in [1.54, 1.807) is 17.1 Å². The normalized spacial score (nSPS) is 17.5. The van der Waals surface area contributed by atoms with Gasteiger partial charge in [0, 0.05) is 17.8 Å². The Morgan fingerprint density at radius 1 is 1.28 bits per heavy atom. The number of carbonyl (C=O) groups is 3. The summed E-state index contributed by atoms with van der Waals surface area (Å²) in [6.45, 7) is 2.10. The number of ketones is 2. The van der Waals surface area contributed by atoms with Crippen LogP contribution in [-0.2, 0) is 25.7 Å². The molecule has 6 nitrogen and oxygen atoms in total. The second-order valence-corrected chi connectivity index (χ2v) is 5.70. The molecule has 1 atom stereocenters. The molecule has 1 aliphatic heterocycles. The fraction of sp³-hybridized carbons (Fsp3) is 0.158. The van der Waals surface area contributed by atoms with Crippen molar-refractivity contribution in [2.75, 3.05) is 0 Å². The van der Waals surface area contributed by atoms with Crippen molar-refractivity contribution in [3.05, 3.63) is 71.8 Å². The van der Waals surface area contributed by atoms with Crippen molar-refractivity contribution in [1.82, 2.24) is 9.78 Å². The highest BCUT2D eigenvalue weighted by Crippen LogP contribution is 2.16. The molecule has 1 unspecified atom stereocenters. The lowest BCUT2D eigenvalue weighted by molar-refractivity contribution is -0.151. The number of hydrogen-bond donors (Lipinski definition) is 0. The van der Waals surface area contributed by atoms with Crippen LogP contribution in [-0.4, -0.2) is 27.3 Å². The van der Waals surface area contributed by atoms with Crippen LogP contribution in [0.15, 0.2) is 60.6 Å². The molecule has 2 aromatic rings. The molecule has 0 spiro atoms.